The van der Waals surface area contributed by atoms with Crippen molar-refractivity contribution in [2.24, 2.45) is 7.05 Å². The van der Waals surface area contributed by atoms with Crippen LogP contribution >= 0.6 is 23.2 Å². The fourth-order valence-electron chi connectivity index (χ4n) is 1.91. The second-order valence-corrected chi connectivity index (χ2v) is 4.93. The van der Waals surface area contributed by atoms with Crippen LogP contribution in [-0.2, 0) is 7.05 Å². The average molecular weight is 284 g/mol. The number of nitrogens with zero attached hydrogens (tertiary/aromatic N) is 2. The largest absolute Gasteiger partial charge is 0.306 e. The lowest BCUT2D eigenvalue weighted by atomic mass is 10.0. The Balaban J connectivity index is 2.37. The standard InChI is InChI=1S/C13H15Cl2N3/c1-3-16-13(10-7-17-18(2)8-10)9-4-5-11(14)12(15)6-9/h4-8,13,16H,3H2,1-2H3. The van der Waals surface area contributed by atoms with Crippen molar-refractivity contribution >= 4 is 23.2 Å². The second kappa shape index (κ2) is 5.74. The van der Waals surface area contributed by atoms with Crippen molar-refractivity contribution in [1.82, 2.24) is 15.1 Å². The van der Waals surface area contributed by atoms with E-state index in [-0.39, 0.29) is 6.04 Å². The highest BCUT2D eigenvalue weighted by Crippen LogP contribution is 2.28. The number of hydrogen-bond acceptors (Lipinski definition) is 2. The summed E-state index contributed by atoms with van der Waals surface area (Å²) in [5.74, 6) is 0. The van der Waals surface area contributed by atoms with Gasteiger partial charge in [0.05, 0.1) is 22.3 Å². The third-order valence-corrected chi connectivity index (χ3v) is 3.48. The maximum absolute atomic E-state index is 6.07. The number of aryl methyl sites for hydroxylation is 1. The van der Waals surface area contributed by atoms with Gasteiger partial charge in [0.15, 0.2) is 0 Å². The van der Waals surface area contributed by atoms with Crippen LogP contribution in [0.4, 0.5) is 0 Å². The first-order chi connectivity index (χ1) is 8.61. The van der Waals surface area contributed by atoms with Gasteiger partial charge >= 0.3 is 0 Å². The Hall–Kier alpha value is -1.03. The Bertz CT molecular complexity index is 537. The predicted molar refractivity (Wildman–Crippen MR) is 75.2 cm³/mol. The molecule has 1 N–H and O–H groups in total. The summed E-state index contributed by atoms with van der Waals surface area (Å²) in [6.45, 7) is 2.93. The molecule has 0 aliphatic carbocycles. The molecule has 0 saturated carbocycles. The quantitative estimate of drug-likeness (QED) is 0.932. The molecule has 0 radical (unpaired) electrons. The van der Waals surface area contributed by atoms with Crippen LogP contribution in [0.25, 0.3) is 0 Å². The molecule has 0 saturated heterocycles. The van der Waals surface area contributed by atoms with E-state index in [1.807, 2.05) is 37.6 Å². The third kappa shape index (κ3) is 2.86. The molecule has 1 atom stereocenters. The van der Waals surface area contributed by atoms with E-state index in [0.717, 1.165) is 17.7 Å². The molecule has 5 heteroatoms. The van der Waals surface area contributed by atoms with Crippen LogP contribution in [0.2, 0.25) is 10.0 Å². The van der Waals surface area contributed by atoms with Gasteiger partial charge in [0.2, 0.25) is 0 Å². The second-order valence-electron chi connectivity index (χ2n) is 4.11. The fourth-order valence-corrected chi connectivity index (χ4v) is 2.22. The fraction of sp³-hybridized carbons (Fsp3) is 0.308. The summed E-state index contributed by atoms with van der Waals surface area (Å²) >= 11 is 12.0. The van der Waals surface area contributed by atoms with Gasteiger partial charge in [0.1, 0.15) is 0 Å². The van der Waals surface area contributed by atoms with E-state index in [1.165, 1.54) is 0 Å². The highest BCUT2D eigenvalue weighted by Gasteiger charge is 2.15. The van der Waals surface area contributed by atoms with E-state index >= 15 is 0 Å². The van der Waals surface area contributed by atoms with Gasteiger partial charge in [-0.05, 0) is 24.2 Å². The number of benzene rings is 1. The molecular formula is C13H15Cl2N3. The molecule has 1 heterocycles. The van der Waals surface area contributed by atoms with E-state index in [0.29, 0.717) is 10.0 Å². The maximum Gasteiger partial charge on any atom is 0.0608 e. The van der Waals surface area contributed by atoms with Gasteiger partial charge in [-0.2, -0.15) is 5.10 Å². The van der Waals surface area contributed by atoms with Crippen molar-refractivity contribution in [3.05, 3.63) is 51.8 Å². The topological polar surface area (TPSA) is 29.9 Å². The van der Waals surface area contributed by atoms with Crippen LogP contribution in [0.5, 0.6) is 0 Å². The average Bonchev–Trinajstić information content (AvgIpc) is 2.76. The molecule has 0 fully saturated rings. The molecule has 0 aliphatic rings. The molecule has 96 valence electrons. The minimum absolute atomic E-state index is 0.0819. The van der Waals surface area contributed by atoms with Gasteiger partial charge in [-0.15, -0.1) is 0 Å². The van der Waals surface area contributed by atoms with Crippen LogP contribution in [-0.4, -0.2) is 16.3 Å². The third-order valence-electron chi connectivity index (χ3n) is 2.74. The molecule has 0 bridgehead atoms. The Morgan fingerprint density at radius 2 is 2.06 bits per heavy atom. The van der Waals surface area contributed by atoms with E-state index in [9.17, 15) is 0 Å². The summed E-state index contributed by atoms with van der Waals surface area (Å²) in [5, 5.41) is 8.76. The van der Waals surface area contributed by atoms with E-state index in [4.69, 9.17) is 23.2 Å². The number of rotatable bonds is 4. The van der Waals surface area contributed by atoms with Crippen molar-refractivity contribution in [2.75, 3.05) is 6.54 Å². The van der Waals surface area contributed by atoms with Gasteiger partial charge in [0.25, 0.3) is 0 Å². The van der Waals surface area contributed by atoms with Gasteiger partial charge < -0.3 is 5.32 Å². The summed E-state index contributed by atoms with van der Waals surface area (Å²) in [7, 11) is 1.90. The van der Waals surface area contributed by atoms with Crippen molar-refractivity contribution in [3.8, 4) is 0 Å². The molecule has 2 aromatic rings. The normalized spacial score (nSPS) is 12.7. The molecule has 0 spiro atoms. The zero-order valence-corrected chi connectivity index (χ0v) is 11.8. The van der Waals surface area contributed by atoms with Crippen LogP contribution in [0.1, 0.15) is 24.1 Å². The molecule has 0 aliphatic heterocycles. The van der Waals surface area contributed by atoms with Crippen LogP contribution in [0.15, 0.2) is 30.6 Å². The Morgan fingerprint density at radius 1 is 1.28 bits per heavy atom. The molecule has 18 heavy (non-hydrogen) atoms. The summed E-state index contributed by atoms with van der Waals surface area (Å²) in [6, 6.07) is 5.78. The lowest BCUT2D eigenvalue weighted by Crippen LogP contribution is -2.21. The maximum atomic E-state index is 6.07. The van der Waals surface area contributed by atoms with Gasteiger partial charge in [-0.25, -0.2) is 0 Å². The molecule has 0 amide bonds. The SMILES string of the molecule is CCNC(c1ccc(Cl)c(Cl)c1)c1cnn(C)c1. The number of hydrogen-bond donors (Lipinski definition) is 1. The molecule has 1 aromatic heterocycles. The highest BCUT2D eigenvalue weighted by molar-refractivity contribution is 6.42. The zero-order chi connectivity index (χ0) is 13.1. The van der Waals surface area contributed by atoms with Crippen LogP contribution in [0.3, 0.4) is 0 Å². The smallest absolute Gasteiger partial charge is 0.0608 e. The first kappa shape index (κ1) is 13.4. The van der Waals surface area contributed by atoms with Crippen LogP contribution in [0, 0.1) is 0 Å². The zero-order valence-electron chi connectivity index (χ0n) is 10.3. The summed E-state index contributed by atoms with van der Waals surface area (Å²) in [4.78, 5) is 0. The van der Waals surface area contributed by atoms with E-state index in [2.05, 4.69) is 17.3 Å². The van der Waals surface area contributed by atoms with Gasteiger partial charge in [-0.3, -0.25) is 4.68 Å². The van der Waals surface area contributed by atoms with Crippen molar-refractivity contribution in [1.29, 1.82) is 0 Å². The summed E-state index contributed by atoms with van der Waals surface area (Å²) in [6.07, 6.45) is 3.85. The summed E-state index contributed by atoms with van der Waals surface area (Å²) < 4.78 is 1.79. The number of nitrogens with one attached hydrogen (secondary N) is 1. The summed E-state index contributed by atoms with van der Waals surface area (Å²) in [5.41, 5.74) is 2.19. The molecule has 3 nitrogen and oxygen atoms in total. The van der Waals surface area contributed by atoms with Gasteiger partial charge in [-0.1, -0.05) is 36.2 Å². The Kier molecular flexibility index (Phi) is 4.27. The Morgan fingerprint density at radius 3 is 2.61 bits per heavy atom. The molecular weight excluding hydrogens is 269 g/mol. The highest BCUT2D eigenvalue weighted by atomic mass is 35.5. The van der Waals surface area contributed by atoms with Gasteiger partial charge in [0, 0.05) is 18.8 Å². The minimum atomic E-state index is 0.0819. The lowest BCUT2D eigenvalue weighted by molar-refractivity contribution is 0.630. The van der Waals surface area contributed by atoms with Crippen molar-refractivity contribution < 1.29 is 0 Å². The first-order valence-electron chi connectivity index (χ1n) is 5.78. The monoisotopic (exact) mass is 283 g/mol. The number of aromatic nitrogens is 2. The van der Waals surface area contributed by atoms with Crippen LogP contribution < -0.4 is 5.32 Å². The Labute approximate surface area is 117 Å². The van der Waals surface area contributed by atoms with E-state index in [1.54, 1.807) is 4.68 Å². The lowest BCUT2D eigenvalue weighted by Gasteiger charge is -2.17. The molecule has 2 rings (SSSR count). The van der Waals surface area contributed by atoms with Crippen molar-refractivity contribution in [2.45, 2.75) is 13.0 Å². The van der Waals surface area contributed by atoms with Crippen molar-refractivity contribution in [3.63, 3.8) is 0 Å². The number of halogens is 2. The van der Waals surface area contributed by atoms with E-state index < -0.39 is 0 Å². The molecule has 1 aromatic carbocycles. The first-order valence-corrected chi connectivity index (χ1v) is 6.54. The predicted octanol–water partition coefficient (Wildman–Crippen LogP) is 3.43. The minimum Gasteiger partial charge on any atom is -0.306 e. The molecule has 1 unspecified atom stereocenters.